The van der Waals surface area contributed by atoms with Gasteiger partial charge in [-0.3, -0.25) is 9.59 Å². The number of Topliss-reactive ketones (excluding diaryl/α,β-unsaturated/α-hetero) is 1. The van der Waals surface area contributed by atoms with Crippen LogP contribution in [0.4, 0.5) is 13.2 Å². The fourth-order valence-electron chi connectivity index (χ4n) is 2.55. The molecule has 0 aliphatic heterocycles. The molecule has 1 aliphatic carbocycles. The number of nitrogens with zero attached hydrogens (tertiary/aromatic N) is 1. The second kappa shape index (κ2) is 5.82. The van der Waals surface area contributed by atoms with Gasteiger partial charge in [0.05, 0.1) is 24.2 Å². The zero-order valence-electron chi connectivity index (χ0n) is 11.6. The molecule has 3 N–H and O–H groups in total. The number of hydrogen-bond donors (Lipinski definition) is 3. The Morgan fingerprint density at radius 3 is 2.77 bits per heavy atom. The number of aromatic amines is 1. The molecule has 6 nitrogen and oxygen atoms in total. The SMILES string of the molecule is CC(=O)CNC(=CO)C1CCc2c1n[nH]c(=O)c2C(F)(F)F. The summed E-state index contributed by atoms with van der Waals surface area (Å²) in [6.45, 7) is 1.27. The Balaban J connectivity index is 2.41. The number of allylic oxidation sites excluding steroid dienone is 1. The molecule has 1 heterocycles. The lowest BCUT2D eigenvalue weighted by Crippen LogP contribution is -2.27. The van der Waals surface area contributed by atoms with Crippen LogP contribution in [0.1, 0.15) is 36.1 Å². The standard InChI is InChI=1S/C13H14F3N3O3/c1-6(21)4-17-9(5-20)7-2-3-8-10(13(14,15)16)12(22)19-18-11(7)8/h5,7,17,20H,2-4H2,1H3,(H,19,22). The summed E-state index contributed by atoms with van der Waals surface area (Å²) in [7, 11) is 0. The summed E-state index contributed by atoms with van der Waals surface area (Å²) in [4.78, 5) is 22.4. The van der Waals surface area contributed by atoms with Gasteiger partial charge >= 0.3 is 6.18 Å². The third kappa shape index (κ3) is 2.97. The first-order valence-electron chi connectivity index (χ1n) is 6.52. The molecule has 0 saturated carbocycles. The molecular weight excluding hydrogens is 303 g/mol. The van der Waals surface area contributed by atoms with Crippen molar-refractivity contribution >= 4 is 5.78 Å². The largest absolute Gasteiger partial charge is 0.514 e. The number of aromatic nitrogens is 2. The fourth-order valence-corrected chi connectivity index (χ4v) is 2.55. The summed E-state index contributed by atoms with van der Waals surface area (Å²) in [5.74, 6) is -0.819. The van der Waals surface area contributed by atoms with Crippen molar-refractivity contribution < 1.29 is 23.1 Å². The molecule has 0 aromatic carbocycles. The van der Waals surface area contributed by atoms with Crippen LogP contribution < -0.4 is 10.9 Å². The Kier molecular flexibility index (Phi) is 4.25. The van der Waals surface area contributed by atoms with E-state index in [4.69, 9.17) is 0 Å². The van der Waals surface area contributed by atoms with Crippen LogP contribution in [0.15, 0.2) is 16.8 Å². The molecule has 0 saturated heterocycles. The number of ketones is 1. The Labute approximate surface area is 123 Å². The normalized spacial score (nSPS) is 18.2. The fraction of sp³-hybridized carbons (Fsp3) is 0.462. The molecule has 2 rings (SSSR count). The number of carbonyl (C=O) groups is 1. The maximum atomic E-state index is 13.0. The van der Waals surface area contributed by atoms with Crippen LogP contribution in [0, 0.1) is 0 Å². The van der Waals surface area contributed by atoms with Crippen molar-refractivity contribution in [2.45, 2.75) is 31.9 Å². The number of carbonyl (C=O) groups excluding carboxylic acids is 1. The summed E-state index contributed by atoms with van der Waals surface area (Å²) < 4.78 is 39.0. The highest BCUT2D eigenvalue weighted by atomic mass is 19.4. The quantitative estimate of drug-likeness (QED) is 0.730. The van der Waals surface area contributed by atoms with Crippen molar-refractivity contribution in [1.82, 2.24) is 15.5 Å². The molecule has 0 amide bonds. The number of fused-ring (bicyclic) bond motifs is 1. The lowest BCUT2D eigenvalue weighted by Gasteiger charge is -2.16. The van der Waals surface area contributed by atoms with E-state index in [0.29, 0.717) is 6.26 Å². The molecule has 9 heteroatoms. The Bertz CT molecular complexity index is 679. The number of aliphatic hydroxyl groups is 1. The van der Waals surface area contributed by atoms with Crippen molar-refractivity contribution in [3.05, 3.63) is 39.1 Å². The van der Waals surface area contributed by atoms with E-state index in [1.807, 2.05) is 5.10 Å². The van der Waals surface area contributed by atoms with Crippen molar-refractivity contribution in [2.24, 2.45) is 0 Å². The lowest BCUT2D eigenvalue weighted by atomic mass is 10.0. The summed E-state index contributed by atoms with van der Waals surface area (Å²) in [6, 6.07) is 0. The maximum absolute atomic E-state index is 13.0. The lowest BCUT2D eigenvalue weighted by molar-refractivity contribution is -0.139. The highest BCUT2D eigenvalue weighted by Crippen LogP contribution is 2.40. The van der Waals surface area contributed by atoms with Crippen molar-refractivity contribution in [3.63, 3.8) is 0 Å². The molecule has 120 valence electrons. The average Bonchev–Trinajstić information content (AvgIpc) is 2.81. The predicted octanol–water partition coefficient (Wildman–Crippen LogP) is 1.40. The molecule has 0 bridgehead atoms. The number of nitrogens with one attached hydrogen (secondary N) is 2. The minimum absolute atomic E-state index is 0.0187. The van der Waals surface area contributed by atoms with Crippen molar-refractivity contribution in [2.75, 3.05) is 6.54 Å². The molecule has 1 aromatic heterocycles. The number of halogens is 3. The minimum atomic E-state index is -4.77. The first kappa shape index (κ1) is 16.1. The van der Waals surface area contributed by atoms with Crippen molar-refractivity contribution in [1.29, 1.82) is 0 Å². The van der Waals surface area contributed by atoms with Crippen LogP contribution in [-0.2, 0) is 17.4 Å². The third-order valence-corrected chi connectivity index (χ3v) is 3.47. The van der Waals surface area contributed by atoms with Gasteiger partial charge in [0.25, 0.3) is 5.56 Å². The van der Waals surface area contributed by atoms with Gasteiger partial charge in [0.2, 0.25) is 0 Å². The van der Waals surface area contributed by atoms with E-state index < -0.39 is 23.2 Å². The number of rotatable bonds is 4. The number of alkyl halides is 3. The van der Waals surface area contributed by atoms with E-state index in [0.717, 1.165) is 0 Å². The van der Waals surface area contributed by atoms with Crippen LogP contribution >= 0.6 is 0 Å². The van der Waals surface area contributed by atoms with Crippen LogP contribution in [-0.4, -0.2) is 27.6 Å². The molecule has 1 aromatic rings. The molecule has 1 unspecified atom stereocenters. The van der Waals surface area contributed by atoms with E-state index in [2.05, 4.69) is 10.4 Å². The van der Waals surface area contributed by atoms with E-state index in [1.54, 1.807) is 0 Å². The molecule has 22 heavy (non-hydrogen) atoms. The second-order valence-electron chi connectivity index (χ2n) is 5.02. The molecule has 1 atom stereocenters. The third-order valence-electron chi connectivity index (χ3n) is 3.47. The maximum Gasteiger partial charge on any atom is 0.422 e. The van der Waals surface area contributed by atoms with Gasteiger partial charge in [0, 0.05) is 5.92 Å². The Hall–Kier alpha value is -2.32. The van der Waals surface area contributed by atoms with Crippen LogP contribution in [0.2, 0.25) is 0 Å². The van der Waals surface area contributed by atoms with E-state index >= 15 is 0 Å². The van der Waals surface area contributed by atoms with Crippen LogP contribution in [0.3, 0.4) is 0 Å². The van der Waals surface area contributed by atoms with Gasteiger partial charge < -0.3 is 10.4 Å². The number of aliphatic hydroxyl groups excluding tert-OH is 1. The zero-order valence-corrected chi connectivity index (χ0v) is 11.6. The summed E-state index contributed by atoms with van der Waals surface area (Å²) in [5.41, 5.74) is -2.43. The first-order chi connectivity index (χ1) is 10.3. The summed E-state index contributed by atoms with van der Waals surface area (Å²) >= 11 is 0. The average molecular weight is 317 g/mol. The second-order valence-corrected chi connectivity index (χ2v) is 5.02. The Morgan fingerprint density at radius 2 is 2.23 bits per heavy atom. The predicted molar refractivity (Wildman–Crippen MR) is 70.3 cm³/mol. The van der Waals surface area contributed by atoms with Gasteiger partial charge in [0.1, 0.15) is 11.3 Å². The Morgan fingerprint density at radius 1 is 1.55 bits per heavy atom. The van der Waals surface area contributed by atoms with Gasteiger partial charge in [-0.05, 0) is 25.3 Å². The monoisotopic (exact) mass is 317 g/mol. The van der Waals surface area contributed by atoms with Gasteiger partial charge in [0.15, 0.2) is 0 Å². The van der Waals surface area contributed by atoms with Crippen LogP contribution in [0.5, 0.6) is 0 Å². The summed E-state index contributed by atoms with van der Waals surface area (Å²) in [6.07, 6.45) is -3.79. The van der Waals surface area contributed by atoms with E-state index in [9.17, 15) is 27.9 Å². The zero-order chi connectivity index (χ0) is 16.5. The van der Waals surface area contributed by atoms with Gasteiger partial charge in [-0.1, -0.05) is 0 Å². The van der Waals surface area contributed by atoms with Crippen LogP contribution in [0.25, 0.3) is 0 Å². The highest BCUT2D eigenvalue weighted by Gasteiger charge is 2.42. The smallest absolute Gasteiger partial charge is 0.422 e. The highest BCUT2D eigenvalue weighted by molar-refractivity contribution is 5.77. The topological polar surface area (TPSA) is 95.1 Å². The van der Waals surface area contributed by atoms with E-state index in [-0.39, 0.29) is 42.1 Å². The number of H-pyrrole nitrogens is 1. The number of hydrogen-bond acceptors (Lipinski definition) is 5. The molecular formula is C13H14F3N3O3. The first-order valence-corrected chi connectivity index (χ1v) is 6.52. The van der Waals surface area contributed by atoms with E-state index in [1.165, 1.54) is 6.92 Å². The molecule has 0 fully saturated rings. The van der Waals surface area contributed by atoms with Gasteiger partial charge in [-0.15, -0.1) is 0 Å². The molecule has 0 radical (unpaired) electrons. The molecule has 1 aliphatic rings. The van der Waals surface area contributed by atoms with Gasteiger partial charge in [-0.25, -0.2) is 5.10 Å². The minimum Gasteiger partial charge on any atom is -0.514 e. The van der Waals surface area contributed by atoms with Crippen molar-refractivity contribution in [3.8, 4) is 0 Å². The summed E-state index contributed by atoms with van der Waals surface area (Å²) in [5, 5.41) is 17.5. The molecule has 0 spiro atoms. The van der Waals surface area contributed by atoms with Gasteiger partial charge in [-0.2, -0.15) is 18.3 Å².